The summed E-state index contributed by atoms with van der Waals surface area (Å²) in [7, 11) is 0. The van der Waals surface area contributed by atoms with E-state index in [1.807, 2.05) is 38.4 Å². The van der Waals surface area contributed by atoms with Gasteiger partial charge in [0.1, 0.15) is 11.5 Å². The van der Waals surface area contributed by atoms with Crippen molar-refractivity contribution >= 4 is 0 Å². The normalized spacial score (nSPS) is 17.1. The van der Waals surface area contributed by atoms with E-state index in [9.17, 15) is 0 Å². The summed E-state index contributed by atoms with van der Waals surface area (Å²) < 4.78 is 17.4. The zero-order valence-corrected chi connectivity index (χ0v) is 15.9. The highest BCUT2D eigenvalue weighted by molar-refractivity contribution is 5.45. The molecular weight excluding hydrogens is 342 g/mol. The molecule has 1 aliphatic rings. The van der Waals surface area contributed by atoms with Gasteiger partial charge in [0.2, 0.25) is 0 Å². The van der Waals surface area contributed by atoms with Gasteiger partial charge in [-0.1, -0.05) is 0 Å². The standard InChI is InChI=1S/C21H25N3O3/c1-15-5-6-20(26-15)21-23-19(16(2)27-21)14-24(13-18-4-3-11-25-18)12-17-7-9-22-10-8-17/h5-10,18H,3-4,11-14H2,1-2H3/t18-/m0/s1. The molecule has 6 nitrogen and oxygen atoms in total. The first-order chi connectivity index (χ1) is 13.2. The number of aryl methyl sites for hydroxylation is 2. The molecule has 0 radical (unpaired) electrons. The van der Waals surface area contributed by atoms with Crippen LogP contribution in [-0.2, 0) is 17.8 Å². The van der Waals surface area contributed by atoms with Gasteiger partial charge >= 0.3 is 0 Å². The van der Waals surface area contributed by atoms with Crippen LogP contribution in [0.2, 0.25) is 0 Å². The topological polar surface area (TPSA) is 64.5 Å². The molecule has 0 amide bonds. The van der Waals surface area contributed by atoms with Crippen molar-refractivity contribution in [2.75, 3.05) is 13.2 Å². The molecule has 0 bridgehead atoms. The maximum atomic E-state index is 5.86. The summed E-state index contributed by atoms with van der Waals surface area (Å²) in [5.74, 6) is 2.88. The molecule has 4 heterocycles. The fraction of sp³-hybridized carbons (Fsp3) is 0.429. The Bertz CT molecular complexity index is 866. The van der Waals surface area contributed by atoms with Crippen molar-refractivity contribution in [2.24, 2.45) is 0 Å². The Morgan fingerprint density at radius 1 is 1.07 bits per heavy atom. The van der Waals surface area contributed by atoms with E-state index < -0.39 is 0 Å². The average molecular weight is 367 g/mol. The third-order valence-corrected chi connectivity index (χ3v) is 4.86. The lowest BCUT2D eigenvalue weighted by molar-refractivity contribution is 0.0673. The third kappa shape index (κ3) is 4.46. The molecule has 142 valence electrons. The number of pyridine rings is 1. The van der Waals surface area contributed by atoms with Crippen LogP contribution in [0.3, 0.4) is 0 Å². The zero-order chi connectivity index (χ0) is 18.6. The molecule has 0 aromatic carbocycles. The van der Waals surface area contributed by atoms with E-state index in [-0.39, 0.29) is 6.10 Å². The number of oxazole rings is 1. The summed E-state index contributed by atoms with van der Waals surface area (Å²) in [4.78, 5) is 11.2. The van der Waals surface area contributed by atoms with Crippen LogP contribution in [0.25, 0.3) is 11.7 Å². The van der Waals surface area contributed by atoms with Gasteiger partial charge in [-0.2, -0.15) is 0 Å². The molecule has 0 N–H and O–H groups in total. The molecule has 6 heteroatoms. The molecule has 1 saturated heterocycles. The first-order valence-electron chi connectivity index (χ1n) is 9.43. The van der Waals surface area contributed by atoms with Crippen LogP contribution in [0, 0.1) is 13.8 Å². The zero-order valence-electron chi connectivity index (χ0n) is 15.9. The van der Waals surface area contributed by atoms with E-state index in [4.69, 9.17) is 18.6 Å². The minimum atomic E-state index is 0.284. The molecule has 1 fully saturated rings. The molecule has 1 atom stereocenters. The van der Waals surface area contributed by atoms with Gasteiger partial charge in [-0.3, -0.25) is 9.88 Å². The van der Waals surface area contributed by atoms with Crippen LogP contribution < -0.4 is 0 Å². The smallest absolute Gasteiger partial charge is 0.263 e. The lowest BCUT2D eigenvalue weighted by atomic mass is 10.2. The Labute approximate surface area is 159 Å². The van der Waals surface area contributed by atoms with Crippen LogP contribution in [0.1, 0.15) is 35.6 Å². The number of furan rings is 1. The minimum Gasteiger partial charge on any atom is -0.456 e. The summed E-state index contributed by atoms with van der Waals surface area (Å²) in [6.45, 7) is 7.14. The SMILES string of the molecule is Cc1ccc(-c2nc(CN(Cc3ccncc3)C[C@@H]3CCCO3)c(C)o2)o1. The summed E-state index contributed by atoms with van der Waals surface area (Å²) in [6.07, 6.45) is 6.20. The molecule has 27 heavy (non-hydrogen) atoms. The molecule has 1 aliphatic heterocycles. The van der Waals surface area contributed by atoms with E-state index in [0.717, 1.165) is 49.8 Å². The highest BCUT2D eigenvalue weighted by Crippen LogP contribution is 2.25. The second-order valence-corrected chi connectivity index (χ2v) is 7.09. The molecule has 0 aliphatic carbocycles. The van der Waals surface area contributed by atoms with E-state index in [2.05, 4.69) is 22.0 Å². The molecule has 3 aromatic rings. The summed E-state index contributed by atoms with van der Waals surface area (Å²) >= 11 is 0. The highest BCUT2D eigenvalue weighted by Gasteiger charge is 2.22. The lowest BCUT2D eigenvalue weighted by Crippen LogP contribution is -2.31. The van der Waals surface area contributed by atoms with Crippen molar-refractivity contribution in [3.63, 3.8) is 0 Å². The summed E-state index contributed by atoms with van der Waals surface area (Å²) in [5, 5.41) is 0. The number of nitrogens with zero attached hydrogens (tertiary/aromatic N) is 3. The van der Waals surface area contributed by atoms with Gasteiger partial charge in [-0.25, -0.2) is 4.98 Å². The highest BCUT2D eigenvalue weighted by atomic mass is 16.5. The molecule has 0 unspecified atom stereocenters. The number of ether oxygens (including phenoxy) is 1. The van der Waals surface area contributed by atoms with Crippen LogP contribution >= 0.6 is 0 Å². The van der Waals surface area contributed by atoms with E-state index in [1.54, 1.807) is 0 Å². The first kappa shape index (κ1) is 17.9. The van der Waals surface area contributed by atoms with E-state index >= 15 is 0 Å². The number of hydrogen-bond donors (Lipinski definition) is 0. The van der Waals surface area contributed by atoms with Crippen molar-refractivity contribution in [1.29, 1.82) is 0 Å². The Morgan fingerprint density at radius 3 is 2.63 bits per heavy atom. The Kier molecular flexibility index (Phi) is 5.36. The first-order valence-corrected chi connectivity index (χ1v) is 9.43. The fourth-order valence-corrected chi connectivity index (χ4v) is 3.45. The van der Waals surface area contributed by atoms with Gasteiger partial charge in [0.15, 0.2) is 5.76 Å². The lowest BCUT2D eigenvalue weighted by Gasteiger charge is -2.24. The summed E-state index contributed by atoms with van der Waals surface area (Å²) in [5.41, 5.74) is 2.16. The monoisotopic (exact) mass is 367 g/mol. The van der Waals surface area contributed by atoms with Crippen LogP contribution in [0.4, 0.5) is 0 Å². The van der Waals surface area contributed by atoms with Crippen molar-refractivity contribution in [3.8, 4) is 11.7 Å². The number of aromatic nitrogens is 2. The number of rotatable bonds is 7. The molecule has 4 rings (SSSR count). The Hall–Kier alpha value is -2.44. The Balaban J connectivity index is 1.52. The van der Waals surface area contributed by atoms with E-state index in [0.29, 0.717) is 18.2 Å². The fourth-order valence-electron chi connectivity index (χ4n) is 3.45. The third-order valence-electron chi connectivity index (χ3n) is 4.86. The van der Waals surface area contributed by atoms with Gasteiger partial charge in [-0.15, -0.1) is 0 Å². The average Bonchev–Trinajstić information content (AvgIpc) is 3.39. The van der Waals surface area contributed by atoms with Crippen LogP contribution in [-0.4, -0.2) is 34.1 Å². The molecule has 3 aromatic heterocycles. The summed E-state index contributed by atoms with van der Waals surface area (Å²) in [6, 6.07) is 7.91. The van der Waals surface area contributed by atoms with Crippen molar-refractivity contribution < 1.29 is 13.6 Å². The van der Waals surface area contributed by atoms with Gasteiger partial charge in [0.05, 0.1) is 11.8 Å². The van der Waals surface area contributed by atoms with Crippen LogP contribution in [0.5, 0.6) is 0 Å². The maximum Gasteiger partial charge on any atom is 0.263 e. The van der Waals surface area contributed by atoms with Crippen molar-refractivity contribution in [3.05, 3.63) is 59.4 Å². The predicted molar refractivity (Wildman–Crippen MR) is 101 cm³/mol. The van der Waals surface area contributed by atoms with E-state index in [1.165, 1.54) is 5.56 Å². The van der Waals surface area contributed by atoms with Gasteiger partial charge in [0, 0.05) is 38.6 Å². The van der Waals surface area contributed by atoms with Gasteiger partial charge < -0.3 is 13.6 Å². The van der Waals surface area contributed by atoms with Gasteiger partial charge in [0.25, 0.3) is 5.89 Å². The second kappa shape index (κ2) is 8.06. The largest absolute Gasteiger partial charge is 0.456 e. The van der Waals surface area contributed by atoms with Gasteiger partial charge in [-0.05, 0) is 56.5 Å². The Morgan fingerprint density at radius 2 is 1.93 bits per heavy atom. The maximum absolute atomic E-state index is 5.86. The predicted octanol–water partition coefficient (Wildman–Crippen LogP) is 4.13. The molecule has 0 saturated carbocycles. The quantitative estimate of drug-likeness (QED) is 0.626. The molecule has 0 spiro atoms. The number of hydrogen-bond acceptors (Lipinski definition) is 6. The van der Waals surface area contributed by atoms with Crippen molar-refractivity contribution in [1.82, 2.24) is 14.9 Å². The second-order valence-electron chi connectivity index (χ2n) is 7.09. The minimum absolute atomic E-state index is 0.284. The van der Waals surface area contributed by atoms with Crippen LogP contribution in [0.15, 0.2) is 45.5 Å². The van der Waals surface area contributed by atoms with Crippen molar-refractivity contribution in [2.45, 2.75) is 45.9 Å². The molecular formula is C21H25N3O3.